The van der Waals surface area contributed by atoms with Crippen LogP contribution in [0.5, 0.6) is 0 Å². The molecule has 0 unspecified atom stereocenters. The second-order valence-corrected chi connectivity index (χ2v) is 4.56. The molecule has 1 aromatic heterocycles. The Bertz CT molecular complexity index is 526. The summed E-state index contributed by atoms with van der Waals surface area (Å²) in [6, 6.07) is 1.11. The number of nitrogens with zero attached hydrogens (tertiary/aromatic N) is 2. The van der Waals surface area contributed by atoms with Gasteiger partial charge in [0.05, 0.1) is 16.2 Å². The Kier molecular flexibility index (Phi) is 4.68. The first-order valence-corrected chi connectivity index (χ1v) is 5.76. The summed E-state index contributed by atoms with van der Waals surface area (Å²) in [7, 11) is 0. The lowest BCUT2D eigenvalue weighted by atomic mass is 10.1. The van der Waals surface area contributed by atoms with Crippen molar-refractivity contribution in [2.45, 2.75) is 27.2 Å². The zero-order valence-electron chi connectivity index (χ0n) is 11.0. The molecule has 0 bridgehead atoms. The van der Waals surface area contributed by atoms with Crippen LogP contribution in [0.4, 0.5) is 5.69 Å². The minimum absolute atomic E-state index is 0.0336. The minimum atomic E-state index is -0.667. The van der Waals surface area contributed by atoms with Gasteiger partial charge in [-0.25, -0.2) is 0 Å². The van der Waals surface area contributed by atoms with Gasteiger partial charge >= 0.3 is 0 Å². The number of nitrogens with one attached hydrogen (secondary N) is 1. The van der Waals surface area contributed by atoms with Gasteiger partial charge in [-0.05, 0) is 12.8 Å². The summed E-state index contributed by atoms with van der Waals surface area (Å²) in [4.78, 5) is 37.1. The fourth-order valence-corrected chi connectivity index (χ4v) is 1.47. The second kappa shape index (κ2) is 6.03. The molecule has 1 heterocycles. The summed E-state index contributed by atoms with van der Waals surface area (Å²) < 4.78 is 0. The molecule has 102 valence electrons. The molecule has 7 nitrogen and oxygen atoms in total. The fourth-order valence-electron chi connectivity index (χ4n) is 1.47. The molecule has 1 N–H and O–H groups in total. The quantitative estimate of drug-likeness (QED) is 0.658. The summed E-state index contributed by atoms with van der Waals surface area (Å²) in [5.74, 6) is -0.956. The molecule has 0 atom stereocenters. The van der Waals surface area contributed by atoms with Gasteiger partial charge in [0.1, 0.15) is 6.20 Å². The number of hydrogen-bond acceptors (Lipinski definition) is 5. The van der Waals surface area contributed by atoms with Crippen LogP contribution in [0.3, 0.4) is 0 Å². The third kappa shape index (κ3) is 4.13. The molecule has 1 rings (SSSR count). The number of amides is 2. The molecule has 2 amide bonds. The predicted molar refractivity (Wildman–Crippen MR) is 67.6 cm³/mol. The van der Waals surface area contributed by atoms with E-state index < -0.39 is 16.7 Å². The molecule has 0 fully saturated rings. The molecule has 0 radical (unpaired) electrons. The van der Waals surface area contributed by atoms with E-state index in [1.807, 2.05) is 13.8 Å². The average molecular weight is 265 g/mol. The molecule has 7 heteroatoms. The highest BCUT2D eigenvalue weighted by molar-refractivity contribution is 6.05. The van der Waals surface area contributed by atoms with Crippen LogP contribution >= 0.6 is 0 Å². The Morgan fingerprint density at radius 2 is 2.11 bits per heavy atom. The van der Waals surface area contributed by atoms with E-state index in [2.05, 4.69) is 10.3 Å². The zero-order valence-corrected chi connectivity index (χ0v) is 11.0. The lowest BCUT2D eigenvalue weighted by Crippen LogP contribution is -2.31. The van der Waals surface area contributed by atoms with Gasteiger partial charge in [-0.2, -0.15) is 0 Å². The fraction of sp³-hybridized carbons (Fsp3) is 0.417. The second-order valence-electron chi connectivity index (χ2n) is 4.56. The topological polar surface area (TPSA) is 102 Å². The summed E-state index contributed by atoms with van der Waals surface area (Å²) in [6.45, 7) is 5.25. The summed E-state index contributed by atoms with van der Waals surface area (Å²) in [6.07, 6.45) is 1.29. The van der Waals surface area contributed by atoms with Gasteiger partial charge < -0.3 is 0 Å². The average Bonchev–Trinajstić information content (AvgIpc) is 2.27. The summed E-state index contributed by atoms with van der Waals surface area (Å²) in [5.41, 5.74) is 0.0822. The molecule has 0 aliphatic carbocycles. The standard InChI is InChI=1S/C12H15N3O4/c1-7(2)4-11(16)14-12(17)10-5-9(15(18)19)6-13-8(10)3/h5-7H,4H2,1-3H3,(H,14,16,17). The van der Waals surface area contributed by atoms with Crippen molar-refractivity contribution in [3.8, 4) is 0 Å². The monoisotopic (exact) mass is 265 g/mol. The van der Waals surface area contributed by atoms with Crippen molar-refractivity contribution in [3.05, 3.63) is 33.6 Å². The van der Waals surface area contributed by atoms with Gasteiger partial charge in [-0.3, -0.25) is 30.0 Å². The number of pyridine rings is 1. The normalized spacial score (nSPS) is 10.3. The highest BCUT2D eigenvalue weighted by Crippen LogP contribution is 2.14. The maximum Gasteiger partial charge on any atom is 0.288 e. The van der Waals surface area contributed by atoms with Crippen molar-refractivity contribution < 1.29 is 14.5 Å². The smallest absolute Gasteiger partial charge is 0.288 e. The maximum atomic E-state index is 11.8. The number of hydrogen-bond donors (Lipinski definition) is 1. The molecule has 19 heavy (non-hydrogen) atoms. The van der Waals surface area contributed by atoms with Crippen LogP contribution in [0.1, 0.15) is 36.3 Å². The van der Waals surface area contributed by atoms with E-state index in [1.54, 1.807) is 6.92 Å². The number of aryl methyl sites for hydroxylation is 1. The van der Waals surface area contributed by atoms with Crippen LogP contribution < -0.4 is 5.32 Å². The van der Waals surface area contributed by atoms with Gasteiger partial charge in [0, 0.05) is 12.5 Å². The SMILES string of the molecule is Cc1ncc([N+](=O)[O-])cc1C(=O)NC(=O)CC(C)C. The van der Waals surface area contributed by atoms with Crippen LogP contribution in [0.15, 0.2) is 12.3 Å². The van der Waals surface area contributed by atoms with Crippen molar-refractivity contribution >= 4 is 17.5 Å². The molecule has 0 spiro atoms. The highest BCUT2D eigenvalue weighted by Gasteiger charge is 2.18. The van der Waals surface area contributed by atoms with Gasteiger partial charge in [0.2, 0.25) is 5.91 Å². The van der Waals surface area contributed by atoms with Gasteiger partial charge in [0.15, 0.2) is 0 Å². The van der Waals surface area contributed by atoms with Gasteiger partial charge in [0.25, 0.3) is 11.6 Å². The van der Waals surface area contributed by atoms with Crippen molar-refractivity contribution in [1.29, 1.82) is 0 Å². The van der Waals surface area contributed by atoms with E-state index in [4.69, 9.17) is 0 Å². The summed E-state index contributed by atoms with van der Waals surface area (Å²) in [5, 5.41) is 12.8. The first kappa shape index (κ1) is 14.7. The van der Waals surface area contributed by atoms with E-state index in [1.165, 1.54) is 0 Å². The number of carbonyl (C=O) groups is 2. The van der Waals surface area contributed by atoms with E-state index in [-0.39, 0.29) is 23.6 Å². The minimum Gasteiger partial charge on any atom is -0.292 e. The largest absolute Gasteiger partial charge is 0.292 e. The molecule has 0 aliphatic rings. The third-order valence-electron chi connectivity index (χ3n) is 2.37. The van der Waals surface area contributed by atoms with Crippen LogP contribution in [-0.2, 0) is 4.79 Å². The Hall–Kier alpha value is -2.31. The van der Waals surface area contributed by atoms with E-state index >= 15 is 0 Å². The molecule has 0 saturated carbocycles. The van der Waals surface area contributed by atoms with Crippen molar-refractivity contribution in [1.82, 2.24) is 10.3 Å². The van der Waals surface area contributed by atoms with Crippen molar-refractivity contribution in [2.24, 2.45) is 5.92 Å². The van der Waals surface area contributed by atoms with E-state index in [0.29, 0.717) is 5.69 Å². The van der Waals surface area contributed by atoms with Crippen LogP contribution in [0, 0.1) is 23.0 Å². The zero-order chi connectivity index (χ0) is 14.6. The molecular weight excluding hydrogens is 250 g/mol. The Labute approximate surface area is 110 Å². The summed E-state index contributed by atoms with van der Waals surface area (Å²) >= 11 is 0. The first-order chi connectivity index (χ1) is 8.81. The lowest BCUT2D eigenvalue weighted by Gasteiger charge is -2.07. The highest BCUT2D eigenvalue weighted by atomic mass is 16.6. The first-order valence-electron chi connectivity index (χ1n) is 5.76. The van der Waals surface area contributed by atoms with Crippen LogP contribution in [-0.4, -0.2) is 21.7 Å². The number of nitro groups is 1. The Balaban J connectivity index is 2.90. The molecule has 0 aromatic carbocycles. The number of aromatic nitrogens is 1. The number of carbonyl (C=O) groups excluding carboxylic acids is 2. The number of imide groups is 1. The molecular formula is C12H15N3O4. The number of rotatable bonds is 4. The molecule has 0 saturated heterocycles. The van der Waals surface area contributed by atoms with E-state index in [9.17, 15) is 19.7 Å². The van der Waals surface area contributed by atoms with Gasteiger partial charge in [-0.1, -0.05) is 13.8 Å². The predicted octanol–water partition coefficient (Wildman–Crippen LogP) is 1.60. The van der Waals surface area contributed by atoms with Crippen LogP contribution in [0.25, 0.3) is 0 Å². The van der Waals surface area contributed by atoms with Crippen molar-refractivity contribution in [3.63, 3.8) is 0 Å². The Morgan fingerprint density at radius 1 is 1.47 bits per heavy atom. The molecule has 1 aromatic rings. The van der Waals surface area contributed by atoms with Crippen molar-refractivity contribution in [2.75, 3.05) is 0 Å². The maximum absolute atomic E-state index is 11.8. The molecule has 0 aliphatic heterocycles. The van der Waals surface area contributed by atoms with Gasteiger partial charge in [-0.15, -0.1) is 0 Å². The van der Waals surface area contributed by atoms with Crippen LogP contribution in [0.2, 0.25) is 0 Å². The third-order valence-corrected chi connectivity index (χ3v) is 2.37. The lowest BCUT2D eigenvalue weighted by molar-refractivity contribution is -0.385. The Morgan fingerprint density at radius 3 is 2.63 bits per heavy atom. The van der Waals surface area contributed by atoms with E-state index in [0.717, 1.165) is 12.3 Å².